The van der Waals surface area contributed by atoms with Crippen LogP contribution in [-0.2, 0) is 9.59 Å². The number of imide groups is 1. The molecule has 3 amide bonds. The van der Waals surface area contributed by atoms with E-state index >= 15 is 0 Å². The Labute approximate surface area is 192 Å². The van der Waals surface area contributed by atoms with Gasteiger partial charge in [-0.25, -0.2) is 4.79 Å². The summed E-state index contributed by atoms with van der Waals surface area (Å²) in [6.07, 6.45) is 9.13. The Hall–Kier alpha value is -1.85. The molecule has 4 rings (SSSR count). The molecule has 3 aliphatic carbocycles. The van der Waals surface area contributed by atoms with Crippen LogP contribution in [0.4, 0.5) is 4.79 Å². The molecule has 2 saturated carbocycles. The minimum atomic E-state index is -0.229. The fourth-order valence-electron chi connectivity index (χ4n) is 7.60. The summed E-state index contributed by atoms with van der Waals surface area (Å²) in [4.78, 5) is 40.0. The summed E-state index contributed by atoms with van der Waals surface area (Å²) < 4.78 is 0. The summed E-state index contributed by atoms with van der Waals surface area (Å²) in [7, 11) is 0. The Morgan fingerprint density at radius 2 is 1.91 bits per heavy atom. The number of nitrogens with zero attached hydrogens (tertiary/aromatic N) is 1. The van der Waals surface area contributed by atoms with Gasteiger partial charge in [-0.05, 0) is 68.1 Å². The maximum atomic E-state index is 13.7. The van der Waals surface area contributed by atoms with E-state index in [1.807, 2.05) is 19.9 Å². The third-order valence-corrected chi connectivity index (χ3v) is 9.38. The van der Waals surface area contributed by atoms with Crippen molar-refractivity contribution in [2.24, 2.45) is 34.5 Å². The average molecular weight is 444 g/mol. The van der Waals surface area contributed by atoms with Crippen LogP contribution >= 0.6 is 0 Å². The first kappa shape index (κ1) is 23.3. The number of carbonyl (C=O) groups excluding carboxylic acids is 3. The van der Waals surface area contributed by atoms with Crippen molar-refractivity contribution in [3.8, 4) is 0 Å². The van der Waals surface area contributed by atoms with Crippen LogP contribution in [0.2, 0.25) is 0 Å². The largest absolute Gasteiger partial charge is 0.387 e. The smallest absolute Gasteiger partial charge is 0.324 e. The lowest BCUT2D eigenvalue weighted by molar-refractivity contribution is -0.140. The molecule has 0 aromatic rings. The molecule has 6 atom stereocenters. The summed E-state index contributed by atoms with van der Waals surface area (Å²) in [6.45, 7) is 10.7. The van der Waals surface area contributed by atoms with Crippen LogP contribution in [0.25, 0.3) is 0 Å². The zero-order chi connectivity index (χ0) is 23.1. The van der Waals surface area contributed by atoms with Gasteiger partial charge in [-0.2, -0.15) is 0 Å². The molecule has 0 unspecified atom stereocenters. The molecule has 1 aliphatic heterocycles. The Balaban J connectivity index is 1.55. The van der Waals surface area contributed by atoms with Crippen LogP contribution < -0.4 is 10.6 Å². The number of amides is 3. The standard InChI is InChI=1S/C26H41N3O3/c1-5-13-27-24(32)29(14-6-2)23(31)21-8-7-19-18-16-28-22-15-17(30)9-11-26(22,4)20(18)10-12-25(19,21)3/h15,18-21,28H,5-14,16H2,1-4H3,(H,27,32)/t18-,19-,20-,21+,25-,26+/m0/s1. The van der Waals surface area contributed by atoms with Gasteiger partial charge in [-0.15, -0.1) is 0 Å². The van der Waals surface area contributed by atoms with Crippen LogP contribution in [0.5, 0.6) is 0 Å². The predicted octanol–water partition coefficient (Wildman–Crippen LogP) is 4.26. The molecular weight excluding hydrogens is 402 g/mol. The highest BCUT2D eigenvalue weighted by molar-refractivity contribution is 5.96. The van der Waals surface area contributed by atoms with Crippen molar-refractivity contribution < 1.29 is 14.4 Å². The molecule has 0 aromatic heterocycles. The molecule has 0 spiro atoms. The van der Waals surface area contributed by atoms with E-state index in [0.717, 1.165) is 57.2 Å². The van der Waals surface area contributed by atoms with Crippen LogP contribution in [0.1, 0.15) is 79.1 Å². The van der Waals surface area contributed by atoms with E-state index in [0.29, 0.717) is 37.3 Å². The van der Waals surface area contributed by atoms with Crippen LogP contribution in [0, 0.1) is 34.5 Å². The summed E-state index contributed by atoms with van der Waals surface area (Å²) in [5.41, 5.74) is 1.14. The zero-order valence-corrected chi connectivity index (χ0v) is 20.3. The Kier molecular flexibility index (Phi) is 6.43. The van der Waals surface area contributed by atoms with Crippen molar-refractivity contribution in [2.45, 2.75) is 79.1 Å². The van der Waals surface area contributed by atoms with Gasteiger partial charge in [0, 0.05) is 49.2 Å². The molecule has 2 N–H and O–H groups in total. The first-order chi connectivity index (χ1) is 15.3. The second-order valence-electron chi connectivity index (χ2n) is 11.1. The van der Waals surface area contributed by atoms with Gasteiger partial charge in [0.15, 0.2) is 5.78 Å². The quantitative estimate of drug-likeness (QED) is 0.665. The molecule has 1 heterocycles. The first-order valence-electron chi connectivity index (χ1n) is 12.8. The minimum Gasteiger partial charge on any atom is -0.387 e. The van der Waals surface area contributed by atoms with E-state index in [4.69, 9.17) is 0 Å². The molecule has 3 fully saturated rings. The molecular formula is C26H41N3O3. The van der Waals surface area contributed by atoms with Crippen LogP contribution in [0.15, 0.2) is 11.8 Å². The van der Waals surface area contributed by atoms with E-state index in [1.54, 1.807) is 0 Å². The van der Waals surface area contributed by atoms with Crippen molar-refractivity contribution in [3.05, 3.63) is 11.8 Å². The van der Waals surface area contributed by atoms with Crippen molar-refractivity contribution in [1.82, 2.24) is 15.5 Å². The van der Waals surface area contributed by atoms with Gasteiger partial charge < -0.3 is 10.6 Å². The number of hydrogen-bond acceptors (Lipinski definition) is 4. The van der Waals surface area contributed by atoms with E-state index in [2.05, 4.69) is 24.5 Å². The molecule has 32 heavy (non-hydrogen) atoms. The van der Waals surface area contributed by atoms with Gasteiger partial charge in [0.25, 0.3) is 0 Å². The Morgan fingerprint density at radius 3 is 2.62 bits per heavy atom. The number of piperidine rings is 1. The molecule has 6 heteroatoms. The summed E-state index contributed by atoms with van der Waals surface area (Å²) >= 11 is 0. The lowest BCUT2D eigenvalue weighted by atomic mass is 9.50. The summed E-state index contributed by atoms with van der Waals surface area (Å²) in [6, 6.07) is -0.229. The monoisotopic (exact) mass is 443 g/mol. The number of carbonyl (C=O) groups is 3. The maximum absolute atomic E-state index is 13.7. The second kappa shape index (κ2) is 8.83. The molecule has 4 aliphatic rings. The number of nitrogens with one attached hydrogen (secondary N) is 2. The molecule has 0 bridgehead atoms. The van der Waals surface area contributed by atoms with Crippen molar-refractivity contribution in [3.63, 3.8) is 0 Å². The number of fused-ring (bicyclic) bond motifs is 5. The van der Waals surface area contributed by atoms with E-state index in [1.165, 1.54) is 4.90 Å². The average Bonchev–Trinajstić information content (AvgIpc) is 3.13. The van der Waals surface area contributed by atoms with Crippen molar-refractivity contribution in [1.29, 1.82) is 0 Å². The van der Waals surface area contributed by atoms with Gasteiger partial charge in [0.1, 0.15) is 0 Å². The van der Waals surface area contributed by atoms with Gasteiger partial charge in [-0.1, -0.05) is 27.7 Å². The van der Waals surface area contributed by atoms with E-state index in [-0.39, 0.29) is 34.5 Å². The second-order valence-corrected chi connectivity index (χ2v) is 11.1. The van der Waals surface area contributed by atoms with Gasteiger partial charge >= 0.3 is 6.03 Å². The number of hydrogen-bond donors (Lipinski definition) is 2. The SMILES string of the molecule is CCCNC(=O)N(CCC)C(=O)[C@H]1CC[C@H]2[C@@H]3CNC4=CC(=O)CC[C@]4(C)[C@H]3CC[C@]12C. The van der Waals surface area contributed by atoms with Crippen molar-refractivity contribution >= 4 is 17.7 Å². The third-order valence-electron chi connectivity index (χ3n) is 9.38. The third kappa shape index (κ3) is 3.67. The van der Waals surface area contributed by atoms with Gasteiger partial charge in [0.2, 0.25) is 5.91 Å². The van der Waals surface area contributed by atoms with Crippen LogP contribution in [0.3, 0.4) is 0 Å². The first-order valence-corrected chi connectivity index (χ1v) is 12.8. The molecule has 0 radical (unpaired) electrons. The lowest BCUT2D eigenvalue weighted by Crippen LogP contribution is -2.57. The number of allylic oxidation sites excluding steroid dienone is 2. The molecule has 6 nitrogen and oxygen atoms in total. The van der Waals surface area contributed by atoms with Crippen molar-refractivity contribution in [2.75, 3.05) is 19.6 Å². The predicted molar refractivity (Wildman–Crippen MR) is 125 cm³/mol. The fourth-order valence-corrected chi connectivity index (χ4v) is 7.60. The summed E-state index contributed by atoms with van der Waals surface area (Å²) in [5.74, 6) is 1.77. The molecule has 0 aromatic carbocycles. The lowest BCUT2D eigenvalue weighted by Gasteiger charge is -2.58. The van der Waals surface area contributed by atoms with Gasteiger partial charge in [0.05, 0.1) is 0 Å². The Morgan fingerprint density at radius 1 is 1.12 bits per heavy atom. The Bertz CT molecular complexity index is 808. The molecule has 178 valence electrons. The van der Waals surface area contributed by atoms with E-state index in [9.17, 15) is 14.4 Å². The topological polar surface area (TPSA) is 78.5 Å². The zero-order valence-electron chi connectivity index (χ0n) is 20.3. The van der Waals surface area contributed by atoms with Crippen LogP contribution in [-0.4, -0.2) is 42.3 Å². The number of urea groups is 1. The fraction of sp³-hybridized carbons (Fsp3) is 0.808. The highest BCUT2D eigenvalue weighted by atomic mass is 16.2. The highest BCUT2D eigenvalue weighted by Crippen LogP contribution is 2.64. The highest BCUT2D eigenvalue weighted by Gasteiger charge is 2.61. The normalized spacial score (nSPS) is 38.0. The van der Waals surface area contributed by atoms with E-state index < -0.39 is 0 Å². The number of ketones is 1. The summed E-state index contributed by atoms with van der Waals surface area (Å²) in [5, 5.41) is 6.54. The maximum Gasteiger partial charge on any atom is 0.324 e. The van der Waals surface area contributed by atoms with Gasteiger partial charge in [-0.3, -0.25) is 14.5 Å². The molecule has 1 saturated heterocycles. The minimum absolute atomic E-state index is 0.0303. The number of rotatable bonds is 5.